The Morgan fingerprint density at radius 2 is 1.56 bits per heavy atom. The molecule has 146 valence electrons. The van der Waals surface area contributed by atoms with Crippen LogP contribution in [0.3, 0.4) is 0 Å². The van der Waals surface area contributed by atoms with E-state index in [2.05, 4.69) is 33.1 Å². The van der Waals surface area contributed by atoms with Crippen LogP contribution in [0.2, 0.25) is 0 Å². The van der Waals surface area contributed by atoms with Gasteiger partial charge in [-0.25, -0.2) is 0 Å². The van der Waals surface area contributed by atoms with E-state index in [-0.39, 0.29) is 29.9 Å². The summed E-state index contributed by atoms with van der Waals surface area (Å²) in [4.78, 5) is 16.1. The second kappa shape index (κ2) is 13.0. The van der Waals surface area contributed by atoms with Crippen LogP contribution < -0.4 is 20.7 Å². The molecule has 2 aromatic rings. The van der Waals surface area contributed by atoms with Crippen LogP contribution in [0.15, 0.2) is 59.6 Å². The lowest BCUT2D eigenvalue weighted by Crippen LogP contribution is -2.42. The molecule has 0 aromatic heterocycles. The van der Waals surface area contributed by atoms with Crippen LogP contribution in [0.1, 0.15) is 15.9 Å². The Bertz CT molecular complexity index is 706. The monoisotopic (exact) mass is 482 g/mol. The fourth-order valence-electron chi connectivity index (χ4n) is 2.39. The van der Waals surface area contributed by atoms with Gasteiger partial charge in [0.2, 0.25) is 0 Å². The van der Waals surface area contributed by atoms with Gasteiger partial charge in [-0.15, -0.1) is 24.0 Å². The zero-order valence-corrected chi connectivity index (χ0v) is 18.0. The summed E-state index contributed by atoms with van der Waals surface area (Å²) in [6, 6.07) is 17.2. The number of methoxy groups -OCH3 is 1. The summed E-state index contributed by atoms with van der Waals surface area (Å²) >= 11 is 0. The fourth-order valence-corrected chi connectivity index (χ4v) is 2.39. The third kappa shape index (κ3) is 8.29. The van der Waals surface area contributed by atoms with E-state index in [1.54, 1.807) is 26.3 Å². The average Bonchev–Trinajstić information content (AvgIpc) is 2.70. The van der Waals surface area contributed by atoms with Crippen molar-refractivity contribution in [3.8, 4) is 5.75 Å². The summed E-state index contributed by atoms with van der Waals surface area (Å²) in [6.07, 6.45) is 0.884. The lowest BCUT2D eigenvalue weighted by molar-refractivity contribution is 0.0954. The molecule has 0 radical (unpaired) electrons. The predicted octanol–water partition coefficient (Wildman–Crippen LogP) is 2.45. The van der Waals surface area contributed by atoms with Gasteiger partial charge < -0.3 is 20.7 Å². The van der Waals surface area contributed by atoms with Crippen molar-refractivity contribution in [2.45, 2.75) is 6.42 Å². The maximum atomic E-state index is 11.9. The summed E-state index contributed by atoms with van der Waals surface area (Å²) in [6.45, 7) is 1.88. The smallest absolute Gasteiger partial charge is 0.251 e. The molecule has 0 aliphatic carbocycles. The third-order valence-electron chi connectivity index (χ3n) is 3.83. The quantitative estimate of drug-likeness (QED) is 0.234. The number of ether oxygens (including phenoxy) is 1. The molecule has 0 unspecified atom stereocenters. The van der Waals surface area contributed by atoms with E-state index in [1.807, 2.05) is 30.3 Å². The summed E-state index contributed by atoms with van der Waals surface area (Å²) < 4.78 is 5.15. The first-order valence-electron chi connectivity index (χ1n) is 8.63. The molecule has 0 aliphatic rings. The molecule has 2 aromatic carbocycles. The molecule has 0 bridgehead atoms. The number of benzene rings is 2. The Labute approximate surface area is 177 Å². The van der Waals surface area contributed by atoms with Gasteiger partial charge in [0.15, 0.2) is 5.96 Å². The predicted molar refractivity (Wildman–Crippen MR) is 120 cm³/mol. The van der Waals surface area contributed by atoms with E-state index in [0.717, 1.165) is 18.7 Å². The number of carbonyl (C=O) groups is 1. The number of carbonyl (C=O) groups excluding carboxylic acids is 1. The SMILES string of the molecule is CN=C(NCCNC(=O)c1ccccc1)NCCc1ccc(OC)cc1.I. The van der Waals surface area contributed by atoms with E-state index >= 15 is 0 Å². The van der Waals surface area contributed by atoms with Crippen molar-refractivity contribution < 1.29 is 9.53 Å². The van der Waals surface area contributed by atoms with Crippen LogP contribution in [0.5, 0.6) is 5.75 Å². The van der Waals surface area contributed by atoms with Crippen molar-refractivity contribution in [3.63, 3.8) is 0 Å². The highest BCUT2D eigenvalue weighted by Gasteiger charge is 2.03. The topological polar surface area (TPSA) is 74.8 Å². The highest BCUT2D eigenvalue weighted by atomic mass is 127. The molecule has 27 heavy (non-hydrogen) atoms. The van der Waals surface area contributed by atoms with E-state index in [9.17, 15) is 4.79 Å². The maximum absolute atomic E-state index is 11.9. The molecule has 7 heteroatoms. The van der Waals surface area contributed by atoms with E-state index in [0.29, 0.717) is 24.6 Å². The highest BCUT2D eigenvalue weighted by molar-refractivity contribution is 14.0. The number of nitrogens with one attached hydrogen (secondary N) is 3. The molecule has 0 aliphatic heterocycles. The first kappa shape index (κ1) is 22.8. The van der Waals surface area contributed by atoms with Gasteiger partial charge in [0.1, 0.15) is 5.75 Å². The zero-order chi connectivity index (χ0) is 18.6. The second-order valence-corrected chi connectivity index (χ2v) is 5.65. The van der Waals surface area contributed by atoms with Crippen LogP contribution in [-0.2, 0) is 6.42 Å². The largest absolute Gasteiger partial charge is 0.497 e. The molecule has 0 saturated carbocycles. The van der Waals surface area contributed by atoms with Gasteiger partial charge in [-0.1, -0.05) is 30.3 Å². The minimum Gasteiger partial charge on any atom is -0.497 e. The van der Waals surface area contributed by atoms with E-state index in [1.165, 1.54) is 5.56 Å². The summed E-state index contributed by atoms with van der Waals surface area (Å²) in [5.74, 6) is 1.50. The minimum atomic E-state index is -0.0742. The normalized spacial score (nSPS) is 10.5. The maximum Gasteiger partial charge on any atom is 0.251 e. The first-order valence-corrected chi connectivity index (χ1v) is 8.63. The van der Waals surface area contributed by atoms with E-state index in [4.69, 9.17) is 4.74 Å². The summed E-state index contributed by atoms with van der Waals surface area (Å²) in [5.41, 5.74) is 1.89. The van der Waals surface area contributed by atoms with Crippen LogP contribution in [-0.4, -0.2) is 45.7 Å². The first-order chi connectivity index (χ1) is 12.7. The fraction of sp³-hybridized carbons (Fsp3) is 0.300. The van der Waals surface area contributed by atoms with Gasteiger partial charge in [0.25, 0.3) is 5.91 Å². The highest BCUT2D eigenvalue weighted by Crippen LogP contribution is 2.11. The molecule has 0 heterocycles. The van der Waals surface area contributed by atoms with Crippen molar-refractivity contribution in [1.29, 1.82) is 0 Å². The van der Waals surface area contributed by atoms with Gasteiger partial charge in [-0.3, -0.25) is 9.79 Å². The van der Waals surface area contributed by atoms with E-state index < -0.39 is 0 Å². The summed E-state index contributed by atoms with van der Waals surface area (Å²) in [7, 11) is 3.39. The van der Waals surface area contributed by atoms with Crippen molar-refractivity contribution in [1.82, 2.24) is 16.0 Å². The molecular weight excluding hydrogens is 455 g/mol. The van der Waals surface area contributed by atoms with Gasteiger partial charge in [0, 0.05) is 32.2 Å². The lowest BCUT2D eigenvalue weighted by Gasteiger charge is -2.12. The molecular formula is C20H27IN4O2. The molecule has 0 saturated heterocycles. The van der Waals surface area contributed by atoms with Crippen LogP contribution in [0.4, 0.5) is 0 Å². The van der Waals surface area contributed by atoms with Gasteiger partial charge in [-0.2, -0.15) is 0 Å². The Balaban J connectivity index is 0.00000364. The minimum absolute atomic E-state index is 0. The van der Waals surface area contributed by atoms with Crippen molar-refractivity contribution in [2.75, 3.05) is 33.8 Å². The number of rotatable bonds is 8. The zero-order valence-electron chi connectivity index (χ0n) is 15.7. The number of guanidine groups is 1. The van der Waals surface area contributed by atoms with Crippen molar-refractivity contribution in [3.05, 3.63) is 65.7 Å². The molecule has 3 N–H and O–H groups in total. The number of hydrogen-bond acceptors (Lipinski definition) is 3. The van der Waals surface area contributed by atoms with Crippen molar-refractivity contribution >= 4 is 35.8 Å². The number of nitrogens with zero attached hydrogens (tertiary/aromatic N) is 1. The molecule has 0 fully saturated rings. The van der Waals surface area contributed by atoms with Crippen LogP contribution in [0.25, 0.3) is 0 Å². The van der Waals surface area contributed by atoms with Crippen LogP contribution >= 0.6 is 24.0 Å². The third-order valence-corrected chi connectivity index (χ3v) is 3.83. The molecule has 6 nitrogen and oxygen atoms in total. The molecule has 0 atom stereocenters. The van der Waals surface area contributed by atoms with Crippen LogP contribution in [0, 0.1) is 0 Å². The number of halogens is 1. The van der Waals surface area contributed by atoms with Crippen molar-refractivity contribution in [2.24, 2.45) is 4.99 Å². The molecule has 2 rings (SSSR count). The second-order valence-electron chi connectivity index (χ2n) is 5.65. The Hall–Kier alpha value is -2.29. The van der Waals surface area contributed by atoms with Gasteiger partial charge in [-0.05, 0) is 36.2 Å². The van der Waals surface area contributed by atoms with Gasteiger partial charge in [0.05, 0.1) is 7.11 Å². The number of hydrogen-bond donors (Lipinski definition) is 3. The number of amides is 1. The Morgan fingerprint density at radius 3 is 2.19 bits per heavy atom. The average molecular weight is 482 g/mol. The number of aliphatic imine (C=N–C) groups is 1. The molecule has 0 spiro atoms. The standard InChI is InChI=1S/C20H26N4O2.HI/c1-21-20(23-13-12-16-8-10-18(26-2)11-9-16)24-15-14-22-19(25)17-6-4-3-5-7-17;/h3-11H,12-15H2,1-2H3,(H,22,25)(H2,21,23,24);1H. The summed E-state index contributed by atoms with van der Waals surface area (Å²) in [5, 5.41) is 9.32. The van der Waals surface area contributed by atoms with Gasteiger partial charge >= 0.3 is 0 Å². The molecule has 1 amide bonds. The Morgan fingerprint density at radius 1 is 0.926 bits per heavy atom. The Kier molecular flexibility index (Phi) is 10.9. The lowest BCUT2D eigenvalue weighted by atomic mass is 10.1.